The Kier molecular flexibility index (Phi) is 4.42. The molecule has 0 spiro atoms. The molecule has 16 heavy (non-hydrogen) atoms. The fourth-order valence-corrected chi connectivity index (χ4v) is 1.82. The van der Waals surface area contributed by atoms with E-state index in [1.807, 2.05) is 0 Å². The molecule has 5 heteroatoms. The number of nitrogens with zero attached hydrogens (tertiary/aromatic N) is 2. The number of nitrogens with two attached hydrogens (primary N) is 1. The van der Waals surface area contributed by atoms with Crippen LogP contribution in [0.1, 0.15) is 19.3 Å². The van der Waals surface area contributed by atoms with E-state index in [-0.39, 0.29) is 0 Å². The standard InChI is InChI=1S/C11H22N4O/c12-11(14-10-2-3-10)13-4-6-15-5-1-8-16-9-7-15/h10H,1-9H2,(H3,12,13,14). The van der Waals surface area contributed by atoms with Crippen molar-refractivity contribution < 1.29 is 4.74 Å². The van der Waals surface area contributed by atoms with Gasteiger partial charge in [-0.05, 0) is 19.3 Å². The van der Waals surface area contributed by atoms with Crippen LogP contribution in [0.4, 0.5) is 0 Å². The molecule has 0 bridgehead atoms. The third-order valence-corrected chi connectivity index (χ3v) is 2.94. The zero-order chi connectivity index (χ0) is 11.2. The van der Waals surface area contributed by atoms with Crippen LogP contribution in [0.3, 0.4) is 0 Å². The topological polar surface area (TPSA) is 62.9 Å². The molecule has 0 aromatic heterocycles. The van der Waals surface area contributed by atoms with E-state index in [4.69, 9.17) is 10.5 Å². The van der Waals surface area contributed by atoms with Gasteiger partial charge in [0.15, 0.2) is 5.96 Å². The van der Waals surface area contributed by atoms with Crippen molar-refractivity contribution >= 4 is 5.96 Å². The van der Waals surface area contributed by atoms with Gasteiger partial charge in [0.05, 0.1) is 13.2 Å². The molecule has 5 nitrogen and oxygen atoms in total. The largest absolute Gasteiger partial charge is 0.380 e. The van der Waals surface area contributed by atoms with Crippen molar-refractivity contribution in [2.75, 3.05) is 39.4 Å². The van der Waals surface area contributed by atoms with Crippen molar-refractivity contribution in [2.24, 2.45) is 10.7 Å². The van der Waals surface area contributed by atoms with Gasteiger partial charge in [0, 0.05) is 32.3 Å². The molecule has 0 amide bonds. The molecule has 0 radical (unpaired) electrons. The van der Waals surface area contributed by atoms with Crippen LogP contribution in [0.25, 0.3) is 0 Å². The Balaban J connectivity index is 1.61. The molecule has 0 aromatic rings. The second-order valence-electron chi connectivity index (χ2n) is 4.49. The fraction of sp³-hybridized carbons (Fsp3) is 0.909. The van der Waals surface area contributed by atoms with E-state index in [0.717, 1.165) is 45.8 Å². The van der Waals surface area contributed by atoms with Crippen LogP contribution in [0.5, 0.6) is 0 Å². The average Bonchev–Trinajstić information content (AvgIpc) is 3.05. The van der Waals surface area contributed by atoms with Crippen molar-refractivity contribution in [2.45, 2.75) is 25.3 Å². The first-order valence-electron chi connectivity index (χ1n) is 6.21. The Hall–Kier alpha value is -0.810. The lowest BCUT2D eigenvalue weighted by Crippen LogP contribution is -2.35. The van der Waals surface area contributed by atoms with Crippen molar-refractivity contribution in [3.63, 3.8) is 0 Å². The van der Waals surface area contributed by atoms with E-state index in [1.165, 1.54) is 12.8 Å². The third-order valence-electron chi connectivity index (χ3n) is 2.94. The van der Waals surface area contributed by atoms with Crippen LogP contribution in [-0.4, -0.2) is 56.3 Å². The summed E-state index contributed by atoms with van der Waals surface area (Å²) in [6.07, 6.45) is 3.60. The SMILES string of the molecule is NC(=NCCN1CCCOCC1)NC1CC1. The van der Waals surface area contributed by atoms with Gasteiger partial charge in [-0.3, -0.25) is 9.89 Å². The predicted octanol–water partition coefficient (Wildman–Crippen LogP) is -0.225. The Bertz CT molecular complexity index is 232. The molecule has 0 aromatic carbocycles. The lowest BCUT2D eigenvalue weighted by Gasteiger charge is -2.17. The first-order valence-corrected chi connectivity index (χ1v) is 6.21. The first-order chi connectivity index (χ1) is 7.84. The summed E-state index contributed by atoms with van der Waals surface area (Å²) in [5, 5.41) is 3.19. The second kappa shape index (κ2) is 6.06. The monoisotopic (exact) mass is 226 g/mol. The number of ether oxygens (including phenoxy) is 1. The van der Waals surface area contributed by atoms with E-state index >= 15 is 0 Å². The molecule has 92 valence electrons. The Morgan fingerprint density at radius 1 is 1.38 bits per heavy atom. The molecular formula is C11H22N4O. The van der Waals surface area contributed by atoms with Crippen molar-refractivity contribution in [1.82, 2.24) is 10.2 Å². The molecule has 3 N–H and O–H groups in total. The highest BCUT2D eigenvalue weighted by molar-refractivity contribution is 5.78. The number of guanidine groups is 1. The summed E-state index contributed by atoms with van der Waals surface area (Å²) in [5.74, 6) is 0.605. The molecule has 1 heterocycles. The summed E-state index contributed by atoms with van der Waals surface area (Å²) in [7, 11) is 0. The van der Waals surface area contributed by atoms with Gasteiger partial charge in [0.1, 0.15) is 0 Å². The zero-order valence-electron chi connectivity index (χ0n) is 9.82. The maximum atomic E-state index is 5.76. The van der Waals surface area contributed by atoms with E-state index in [0.29, 0.717) is 12.0 Å². The molecule has 2 fully saturated rings. The summed E-state index contributed by atoms with van der Waals surface area (Å²) in [6, 6.07) is 0.593. The van der Waals surface area contributed by atoms with Gasteiger partial charge in [-0.2, -0.15) is 0 Å². The number of aliphatic imine (C=N–C) groups is 1. The quantitative estimate of drug-likeness (QED) is 0.514. The van der Waals surface area contributed by atoms with Crippen molar-refractivity contribution in [3.05, 3.63) is 0 Å². The molecule has 2 aliphatic rings. The molecule has 0 unspecified atom stereocenters. The molecule has 1 aliphatic heterocycles. The summed E-state index contributed by atoms with van der Waals surface area (Å²) in [4.78, 5) is 6.72. The van der Waals surface area contributed by atoms with E-state index in [9.17, 15) is 0 Å². The first kappa shape index (κ1) is 11.7. The highest BCUT2D eigenvalue weighted by atomic mass is 16.5. The minimum absolute atomic E-state index is 0.593. The second-order valence-corrected chi connectivity index (χ2v) is 4.49. The summed E-state index contributed by atoms with van der Waals surface area (Å²) < 4.78 is 5.40. The van der Waals surface area contributed by atoms with Crippen LogP contribution in [0.15, 0.2) is 4.99 Å². The number of hydrogen-bond acceptors (Lipinski definition) is 3. The minimum Gasteiger partial charge on any atom is -0.380 e. The maximum Gasteiger partial charge on any atom is 0.188 e. The molecule has 1 aliphatic carbocycles. The van der Waals surface area contributed by atoms with Crippen LogP contribution in [0, 0.1) is 0 Å². The van der Waals surface area contributed by atoms with E-state index in [1.54, 1.807) is 0 Å². The molecule has 2 rings (SSSR count). The van der Waals surface area contributed by atoms with Gasteiger partial charge in [-0.25, -0.2) is 0 Å². The zero-order valence-corrected chi connectivity index (χ0v) is 9.82. The van der Waals surface area contributed by atoms with Gasteiger partial charge in [-0.15, -0.1) is 0 Å². The highest BCUT2D eigenvalue weighted by Gasteiger charge is 2.21. The lowest BCUT2D eigenvalue weighted by atomic mass is 10.4. The Morgan fingerprint density at radius 2 is 2.25 bits per heavy atom. The molecular weight excluding hydrogens is 204 g/mol. The van der Waals surface area contributed by atoms with Gasteiger partial charge in [-0.1, -0.05) is 0 Å². The molecule has 0 atom stereocenters. The smallest absolute Gasteiger partial charge is 0.188 e. The van der Waals surface area contributed by atoms with Crippen molar-refractivity contribution in [3.8, 4) is 0 Å². The summed E-state index contributed by atoms with van der Waals surface area (Å²) >= 11 is 0. The normalized spacial score (nSPS) is 24.1. The number of rotatable bonds is 4. The number of nitrogens with one attached hydrogen (secondary N) is 1. The predicted molar refractivity (Wildman–Crippen MR) is 64.5 cm³/mol. The number of hydrogen-bond donors (Lipinski definition) is 2. The highest BCUT2D eigenvalue weighted by Crippen LogP contribution is 2.17. The molecule has 1 saturated carbocycles. The summed E-state index contributed by atoms with van der Waals surface area (Å²) in [6.45, 7) is 5.64. The average molecular weight is 226 g/mol. The lowest BCUT2D eigenvalue weighted by molar-refractivity contribution is 0.142. The molecule has 1 saturated heterocycles. The van der Waals surface area contributed by atoms with E-state index in [2.05, 4.69) is 15.2 Å². The maximum absolute atomic E-state index is 5.76. The van der Waals surface area contributed by atoms with Gasteiger partial charge in [0.2, 0.25) is 0 Å². The Morgan fingerprint density at radius 3 is 3.06 bits per heavy atom. The van der Waals surface area contributed by atoms with Crippen LogP contribution < -0.4 is 11.1 Å². The van der Waals surface area contributed by atoms with Crippen LogP contribution >= 0.6 is 0 Å². The van der Waals surface area contributed by atoms with Gasteiger partial charge in [0.25, 0.3) is 0 Å². The fourth-order valence-electron chi connectivity index (χ4n) is 1.82. The minimum atomic E-state index is 0.593. The van der Waals surface area contributed by atoms with Crippen molar-refractivity contribution in [1.29, 1.82) is 0 Å². The van der Waals surface area contributed by atoms with Crippen LogP contribution in [-0.2, 0) is 4.74 Å². The van der Waals surface area contributed by atoms with Gasteiger partial charge < -0.3 is 15.8 Å². The van der Waals surface area contributed by atoms with Gasteiger partial charge >= 0.3 is 0 Å². The van der Waals surface area contributed by atoms with E-state index < -0.39 is 0 Å². The third kappa shape index (κ3) is 4.37. The van der Waals surface area contributed by atoms with Crippen LogP contribution in [0.2, 0.25) is 0 Å². The Labute approximate surface area is 97.0 Å². The summed E-state index contributed by atoms with van der Waals surface area (Å²) in [5.41, 5.74) is 5.76.